The topological polar surface area (TPSA) is 61.4 Å². The van der Waals surface area contributed by atoms with E-state index in [0.29, 0.717) is 12.2 Å². The molecule has 1 atom stereocenters. The molecule has 0 spiro atoms. The van der Waals surface area contributed by atoms with Crippen molar-refractivity contribution in [3.05, 3.63) is 77.9 Å². The van der Waals surface area contributed by atoms with Gasteiger partial charge in [-0.3, -0.25) is 14.5 Å². The predicted molar refractivity (Wildman–Crippen MR) is 120 cm³/mol. The molecule has 4 rings (SSSR count). The summed E-state index contributed by atoms with van der Waals surface area (Å²) >= 11 is 0. The van der Waals surface area contributed by atoms with Crippen molar-refractivity contribution in [2.45, 2.75) is 25.8 Å². The number of amides is 2. The standard InChI is InChI=1S/C25H27N3O2/c1-18-11-13-20(14-12-18)27-25(30)24(29)26-17-23(28-15-4-5-16-28)22-10-6-8-19-7-2-3-9-21(19)22/h2-3,6-14,23H,4-5,15-17H2,1H3,(H,26,29)(H,27,30). The summed E-state index contributed by atoms with van der Waals surface area (Å²) in [5.74, 6) is -1.25. The molecule has 1 aliphatic heterocycles. The van der Waals surface area contributed by atoms with E-state index in [1.807, 2.05) is 31.2 Å². The smallest absolute Gasteiger partial charge is 0.313 e. The molecule has 1 unspecified atom stereocenters. The number of likely N-dealkylation sites (tertiary alicyclic amines) is 1. The van der Waals surface area contributed by atoms with Crippen LogP contribution in [0.2, 0.25) is 0 Å². The molecule has 2 N–H and O–H groups in total. The van der Waals surface area contributed by atoms with E-state index in [1.165, 1.54) is 16.3 Å². The number of hydrogen-bond acceptors (Lipinski definition) is 3. The molecule has 5 nitrogen and oxygen atoms in total. The number of fused-ring (bicyclic) bond motifs is 1. The minimum absolute atomic E-state index is 0.0368. The lowest BCUT2D eigenvalue weighted by molar-refractivity contribution is -0.136. The number of nitrogens with one attached hydrogen (secondary N) is 2. The van der Waals surface area contributed by atoms with E-state index < -0.39 is 11.8 Å². The molecule has 1 heterocycles. The Kier molecular flexibility index (Phi) is 6.10. The van der Waals surface area contributed by atoms with Gasteiger partial charge in [-0.15, -0.1) is 0 Å². The van der Waals surface area contributed by atoms with Crippen LogP contribution in [-0.4, -0.2) is 36.3 Å². The van der Waals surface area contributed by atoms with E-state index in [2.05, 4.69) is 45.9 Å². The fraction of sp³-hybridized carbons (Fsp3) is 0.280. The first-order valence-corrected chi connectivity index (χ1v) is 10.5. The Labute approximate surface area is 177 Å². The first-order valence-electron chi connectivity index (χ1n) is 10.5. The Morgan fingerprint density at radius 3 is 2.37 bits per heavy atom. The third-order valence-corrected chi connectivity index (χ3v) is 5.74. The highest BCUT2D eigenvalue weighted by Crippen LogP contribution is 2.30. The molecule has 0 bridgehead atoms. The van der Waals surface area contributed by atoms with Crippen molar-refractivity contribution >= 4 is 28.3 Å². The summed E-state index contributed by atoms with van der Waals surface area (Å²) in [6, 6.07) is 22.0. The third-order valence-electron chi connectivity index (χ3n) is 5.74. The summed E-state index contributed by atoms with van der Waals surface area (Å²) in [6.45, 7) is 4.37. The molecule has 5 heteroatoms. The van der Waals surface area contributed by atoms with Crippen molar-refractivity contribution in [2.75, 3.05) is 25.0 Å². The Bertz CT molecular complexity index is 1030. The number of rotatable bonds is 5. The van der Waals surface area contributed by atoms with Crippen molar-refractivity contribution in [1.82, 2.24) is 10.2 Å². The van der Waals surface area contributed by atoms with Crippen molar-refractivity contribution in [2.24, 2.45) is 0 Å². The van der Waals surface area contributed by atoms with Gasteiger partial charge in [0.1, 0.15) is 0 Å². The highest BCUT2D eigenvalue weighted by molar-refractivity contribution is 6.39. The average molecular weight is 402 g/mol. The van der Waals surface area contributed by atoms with Crippen LogP contribution in [0.5, 0.6) is 0 Å². The monoisotopic (exact) mass is 401 g/mol. The van der Waals surface area contributed by atoms with Gasteiger partial charge in [0.2, 0.25) is 0 Å². The molecule has 3 aromatic carbocycles. The average Bonchev–Trinajstić information content (AvgIpc) is 3.30. The fourth-order valence-corrected chi connectivity index (χ4v) is 4.12. The molecule has 0 saturated carbocycles. The van der Waals surface area contributed by atoms with Gasteiger partial charge in [0.05, 0.1) is 6.04 Å². The molecule has 1 aliphatic rings. The zero-order chi connectivity index (χ0) is 20.9. The molecule has 0 aromatic heterocycles. The van der Waals surface area contributed by atoms with Gasteiger partial charge in [-0.2, -0.15) is 0 Å². The van der Waals surface area contributed by atoms with Gasteiger partial charge in [0, 0.05) is 12.2 Å². The lowest BCUT2D eigenvalue weighted by atomic mass is 9.97. The van der Waals surface area contributed by atoms with Gasteiger partial charge in [0.15, 0.2) is 0 Å². The maximum atomic E-state index is 12.5. The summed E-state index contributed by atoms with van der Waals surface area (Å²) in [7, 11) is 0. The highest BCUT2D eigenvalue weighted by Gasteiger charge is 2.26. The quantitative estimate of drug-likeness (QED) is 0.635. The maximum Gasteiger partial charge on any atom is 0.313 e. The van der Waals surface area contributed by atoms with E-state index in [4.69, 9.17) is 0 Å². The van der Waals surface area contributed by atoms with Crippen LogP contribution in [0.4, 0.5) is 5.69 Å². The number of hydrogen-bond donors (Lipinski definition) is 2. The van der Waals surface area contributed by atoms with Crippen LogP contribution in [-0.2, 0) is 9.59 Å². The van der Waals surface area contributed by atoms with Crippen LogP contribution in [0.3, 0.4) is 0 Å². The first kappa shape index (κ1) is 20.1. The number of aryl methyl sites for hydroxylation is 1. The lowest BCUT2D eigenvalue weighted by Gasteiger charge is -2.29. The molecule has 30 heavy (non-hydrogen) atoms. The minimum Gasteiger partial charge on any atom is -0.346 e. The predicted octanol–water partition coefficient (Wildman–Crippen LogP) is 4.04. The first-order chi connectivity index (χ1) is 14.6. The van der Waals surface area contributed by atoms with Crippen molar-refractivity contribution in [1.29, 1.82) is 0 Å². The van der Waals surface area contributed by atoms with Gasteiger partial charge in [-0.1, -0.05) is 60.2 Å². The van der Waals surface area contributed by atoms with E-state index >= 15 is 0 Å². The van der Waals surface area contributed by atoms with Gasteiger partial charge in [-0.05, 0) is 61.3 Å². The van der Waals surface area contributed by atoms with Gasteiger partial charge in [-0.25, -0.2) is 0 Å². The van der Waals surface area contributed by atoms with Crippen LogP contribution in [0.15, 0.2) is 66.7 Å². The normalized spacial score (nSPS) is 15.1. The number of nitrogens with zero attached hydrogens (tertiary/aromatic N) is 1. The van der Waals surface area contributed by atoms with E-state index in [0.717, 1.165) is 31.5 Å². The van der Waals surface area contributed by atoms with Crippen LogP contribution in [0, 0.1) is 6.92 Å². The second kappa shape index (κ2) is 9.09. The van der Waals surface area contributed by atoms with Crippen LogP contribution < -0.4 is 10.6 Å². The number of anilines is 1. The van der Waals surface area contributed by atoms with Crippen molar-refractivity contribution in [3.63, 3.8) is 0 Å². The van der Waals surface area contributed by atoms with Crippen molar-refractivity contribution < 1.29 is 9.59 Å². The van der Waals surface area contributed by atoms with E-state index in [-0.39, 0.29) is 6.04 Å². The summed E-state index contributed by atoms with van der Waals surface area (Å²) in [5.41, 5.74) is 2.90. The highest BCUT2D eigenvalue weighted by atomic mass is 16.2. The zero-order valence-corrected chi connectivity index (χ0v) is 17.2. The SMILES string of the molecule is Cc1ccc(NC(=O)C(=O)NCC(c2cccc3ccccc23)N2CCCC2)cc1. The zero-order valence-electron chi connectivity index (χ0n) is 17.2. The van der Waals surface area contributed by atoms with Gasteiger partial charge < -0.3 is 10.6 Å². The third kappa shape index (κ3) is 4.52. The Morgan fingerprint density at radius 1 is 0.900 bits per heavy atom. The fourth-order valence-electron chi connectivity index (χ4n) is 4.12. The maximum absolute atomic E-state index is 12.5. The van der Waals surface area contributed by atoms with Crippen molar-refractivity contribution in [3.8, 4) is 0 Å². The molecule has 3 aromatic rings. The Hall–Kier alpha value is -3.18. The number of benzene rings is 3. The minimum atomic E-state index is -0.642. The molecule has 1 saturated heterocycles. The molecular weight excluding hydrogens is 374 g/mol. The lowest BCUT2D eigenvalue weighted by Crippen LogP contribution is -2.41. The van der Waals surface area contributed by atoms with Crippen LogP contribution >= 0.6 is 0 Å². The molecule has 0 aliphatic carbocycles. The Balaban J connectivity index is 1.49. The largest absolute Gasteiger partial charge is 0.346 e. The second-order valence-corrected chi connectivity index (χ2v) is 7.86. The summed E-state index contributed by atoms with van der Waals surface area (Å²) in [4.78, 5) is 27.2. The van der Waals surface area contributed by atoms with E-state index in [1.54, 1.807) is 12.1 Å². The molecule has 1 fully saturated rings. The number of carbonyl (C=O) groups excluding carboxylic acids is 2. The summed E-state index contributed by atoms with van der Waals surface area (Å²) < 4.78 is 0. The van der Waals surface area contributed by atoms with Gasteiger partial charge >= 0.3 is 11.8 Å². The Morgan fingerprint density at radius 2 is 1.60 bits per heavy atom. The second-order valence-electron chi connectivity index (χ2n) is 7.86. The van der Waals surface area contributed by atoms with Crippen LogP contribution in [0.25, 0.3) is 10.8 Å². The molecule has 154 valence electrons. The van der Waals surface area contributed by atoms with Crippen LogP contribution in [0.1, 0.15) is 30.0 Å². The number of carbonyl (C=O) groups is 2. The molecule has 2 amide bonds. The molecule has 0 radical (unpaired) electrons. The summed E-state index contributed by atoms with van der Waals surface area (Å²) in [6.07, 6.45) is 2.31. The van der Waals surface area contributed by atoms with E-state index in [9.17, 15) is 9.59 Å². The molecular formula is C25H27N3O2. The van der Waals surface area contributed by atoms with Gasteiger partial charge in [0.25, 0.3) is 0 Å². The summed E-state index contributed by atoms with van der Waals surface area (Å²) in [5, 5.41) is 7.90.